The fourth-order valence-electron chi connectivity index (χ4n) is 3.00. The van der Waals surface area contributed by atoms with E-state index >= 15 is 0 Å². The Hall–Kier alpha value is -2.65. The lowest BCUT2D eigenvalue weighted by molar-refractivity contribution is -0.116. The van der Waals surface area contributed by atoms with Gasteiger partial charge in [-0.2, -0.15) is 0 Å². The number of benzene rings is 2. The Morgan fingerprint density at radius 2 is 1.93 bits per heavy atom. The van der Waals surface area contributed by atoms with Crippen LogP contribution in [-0.2, 0) is 4.79 Å². The fraction of sp³-hybridized carbons (Fsp3) is 0.158. The van der Waals surface area contributed by atoms with Gasteiger partial charge in [-0.25, -0.2) is 9.37 Å². The molecular formula is C19H13BrFN3O3S. The Labute approximate surface area is 171 Å². The molecule has 0 aliphatic carbocycles. The third-order valence-electron chi connectivity index (χ3n) is 4.32. The molecule has 4 rings (SSSR count). The standard InChI is InChI=1S/C19H13BrFN3O3S/c20-10-3-5-12-13(8-10)18(27)24(17(12)26)7-1-2-16(25)23-19-22-14-6-4-11(21)9-15(14)28-19/h3-6,8-9H,1-2,7H2,(H,22,23,25). The highest BCUT2D eigenvalue weighted by molar-refractivity contribution is 9.10. The van der Waals surface area contributed by atoms with Gasteiger partial charge in [0.05, 0.1) is 21.3 Å². The molecule has 1 aromatic heterocycles. The highest BCUT2D eigenvalue weighted by atomic mass is 79.9. The predicted octanol–water partition coefficient (Wildman–Crippen LogP) is 4.21. The molecule has 1 aliphatic rings. The van der Waals surface area contributed by atoms with E-state index in [1.54, 1.807) is 24.3 Å². The van der Waals surface area contributed by atoms with Gasteiger partial charge in [-0.15, -0.1) is 0 Å². The summed E-state index contributed by atoms with van der Waals surface area (Å²) >= 11 is 4.48. The number of rotatable bonds is 5. The van der Waals surface area contributed by atoms with Gasteiger partial charge < -0.3 is 5.32 Å². The predicted molar refractivity (Wildman–Crippen MR) is 107 cm³/mol. The van der Waals surface area contributed by atoms with Crippen LogP contribution in [0.4, 0.5) is 9.52 Å². The molecule has 2 heterocycles. The molecule has 0 bridgehead atoms. The van der Waals surface area contributed by atoms with E-state index in [2.05, 4.69) is 26.2 Å². The van der Waals surface area contributed by atoms with Crippen LogP contribution in [0.1, 0.15) is 33.6 Å². The zero-order valence-electron chi connectivity index (χ0n) is 14.4. The first kappa shape index (κ1) is 18.7. The molecule has 0 fully saturated rings. The molecule has 6 nitrogen and oxygen atoms in total. The molecule has 1 aliphatic heterocycles. The van der Waals surface area contributed by atoms with Crippen LogP contribution in [-0.4, -0.2) is 34.2 Å². The van der Waals surface area contributed by atoms with Crippen LogP contribution in [0.25, 0.3) is 10.2 Å². The first-order chi connectivity index (χ1) is 13.4. The molecule has 9 heteroatoms. The van der Waals surface area contributed by atoms with Gasteiger partial charge in [0.25, 0.3) is 11.8 Å². The van der Waals surface area contributed by atoms with Gasteiger partial charge in [0.15, 0.2) is 5.13 Å². The second-order valence-corrected chi connectivity index (χ2v) is 8.18. The molecule has 3 aromatic rings. The van der Waals surface area contributed by atoms with Gasteiger partial charge in [0.2, 0.25) is 5.91 Å². The zero-order chi connectivity index (χ0) is 19.8. The summed E-state index contributed by atoms with van der Waals surface area (Å²) in [6, 6.07) is 9.18. The molecule has 1 N–H and O–H groups in total. The number of halogens is 2. The van der Waals surface area contributed by atoms with E-state index in [-0.39, 0.29) is 36.5 Å². The minimum absolute atomic E-state index is 0.126. The first-order valence-corrected chi connectivity index (χ1v) is 10.0. The highest BCUT2D eigenvalue weighted by Crippen LogP contribution is 2.27. The largest absolute Gasteiger partial charge is 0.302 e. The highest BCUT2D eigenvalue weighted by Gasteiger charge is 2.35. The second kappa shape index (κ2) is 7.40. The van der Waals surface area contributed by atoms with Crippen molar-refractivity contribution in [2.45, 2.75) is 12.8 Å². The minimum Gasteiger partial charge on any atom is -0.302 e. The topological polar surface area (TPSA) is 79.4 Å². The van der Waals surface area contributed by atoms with Crippen LogP contribution < -0.4 is 5.32 Å². The van der Waals surface area contributed by atoms with E-state index in [4.69, 9.17) is 0 Å². The number of nitrogens with one attached hydrogen (secondary N) is 1. The number of aromatic nitrogens is 1. The SMILES string of the molecule is O=C(CCCN1C(=O)c2ccc(Br)cc2C1=O)Nc1nc2ccc(F)cc2s1. The van der Waals surface area contributed by atoms with Gasteiger partial charge in [-0.3, -0.25) is 19.3 Å². The first-order valence-electron chi connectivity index (χ1n) is 8.44. The van der Waals surface area contributed by atoms with Crippen molar-refractivity contribution in [2.75, 3.05) is 11.9 Å². The third kappa shape index (κ3) is 3.55. The summed E-state index contributed by atoms with van der Waals surface area (Å²) in [7, 11) is 0. The number of imide groups is 1. The summed E-state index contributed by atoms with van der Waals surface area (Å²) < 4.78 is 14.6. The molecule has 0 atom stereocenters. The van der Waals surface area contributed by atoms with Crippen molar-refractivity contribution >= 4 is 60.3 Å². The molecule has 0 radical (unpaired) electrons. The van der Waals surface area contributed by atoms with Crippen molar-refractivity contribution in [2.24, 2.45) is 0 Å². The number of anilines is 1. The van der Waals surface area contributed by atoms with E-state index in [1.807, 2.05) is 0 Å². The van der Waals surface area contributed by atoms with Crippen molar-refractivity contribution in [3.05, 3.63) is 57.8 Å². The molecule has 28 heavy (non-hydrogen) atoms. The molecule has 0 unspecified atom stereocenters. The van der Waals surface area contributed by atoms with Gasteiger partial charge in [-0.05, 0) is 42.8 Å². The number of nitrogens with zero attached hydrogens (tertiary/aromatic N) is 2. The van der Waals surface area contributed by atoms with Crippen LogP contribution in [0.3, 0.4) is 0 Å². The van der Waals surface area contributed by atoms with E-state index in [0.717, 1.165) is 9.37 Å². The molecular weight excluding hydrogens is 449 g/mol. The maximum absolute atomic E-state index is 13.2. The fourth-order valence-corrected chi connectivity index (χ4v) is 4.27. The van der Waals surface area contributed by atoms with Crippen LogP contribution >= 0.6 is 27.3 Å². The Kier molecular flexibility index (Phi) is 4.94. The summed E-state index contributed by atoms with van der Waals surface area (Å²) in [4.78, 5) is 42.3. The molecule has 0 spiro atoms. The number of hydrogen-bond donors (Lipinski definition) is 1. The van der Waals surface area contributed by atoms with Crippen molar-refractivity contribution in [3.8, 4) is 0 Å². The number of fused-ring (bicyclic) bond motifs is 2. The van der Waals surface area contributed by atoms with Gasteiger partial charge >= 0.3 is 0 Å². The number of carbonyl (C=O) groups is 3. The lowest BCUT2D eigenvalue weighted by Crippen LogP contribution is -2.31. The average Bonchev–Trinajstić information content (AvgIpc) is 3.14. The van der Waals surface area contributed by atoms with E-state index in [9.17, 15) is 18.8 Å². The van der Waals surface area contributed by atoms with Gasteiger partial charge in [-0.1, -0.05) is 27.3 Å². The normalized spacial score (nSPS) is 13.3. The van der Waals surface area contributed by atoms with Gasteiger partial charge in [0, 0.05) is 17.4 Å². The van der Waals surface area contributed by atoms with Crippen molar-refractivity contribution < 1.29 is 18.8 Å². The number of hydrogen-bond acceptors (Lipinski definition) is 5. The molecule has 0 saturated heterocycles. The van der Waals surface area contributed by atoms with E-state index in [0.29, 0.717) is 32.9 Å². The van der Waals surface area contributed by atoms with Crippen molar-refractivity contribution in [1.29, 1.82) is 0 Å². The summed E-state index contributed by atoms with van der Waals surface area (Å²) in [6.07, 6.45) is 0.458. The number of thiazole rings is 1. The monoisotopic (exact) mass is 461 g/mol. The van der Waals surface area contributed by atoms with Gasteiger partial charge in [0.1, 0.15) is 5.82 Å². The summed E-state index contributed by atoms with van der Waals surface area (Å²) in [5.74, 6) is -1.34. The van der Waals surface area contributed by atoms with Crippen molar-refractivity contribution in [3.63, 3.8) is 0 Å². The Bertz CT molecular complexity index is 1130. The summed E-state index contributed by atoms with van der Waals surface area (Å²) in [5.41, 5.74) is 1.35. The van der Waals surface area contributed by atoms with Crippen LogP contribution in [0, 0.1) is 5.82 Å². The number of carbonyl (C=O) groups excluding carboxylic acids is 3. The second-order valence-electron chi connectivity index (χ2n) is 6.23. The van der Waals surface area contributed by atoms with E-state index < -0.39 is 0 Å². The zero-order valence-corrected chi connectivity index (χ0v) is 16.8. The molecule has 142 valence electrons. The van der Waals surface area contributed by atoms with Crippen molar-refractivity contribution in [1.82, 2.24) is 9.88 Å². The number of amides is 3. The summed E-state index contributed by atoms with van der Waals surface area (Å²) in [5, 5.41) is 3.06. The van der Waals surface area contributed by atoms with Crippen LogP contribution in [0.2, 0.25) is 0 Å². The maximum Gasteiger partial charge on any atom is 0.261 e. The quantitative estimate of drug-likeness (QED) is 0.577. The maximum atomic E-state index is 13.2. The van der Waals surface area contributed by atoms with Crippen LogP contribution in [0.5, 0.6) is 0 Å². The molecule has 0 saturated carbocycles. The van der Waals surface area contributed by atoms with E-state index in [1.165, 1.54) is 23.5 Å². The smallest absolute Gasteiger partial charge is 0.261 e. The third-order valence-corrected chi connectivity index (χ3v) is 5.74. The lowest BCUT2D eigenvalue weighted by atomic mass is 10.1. The average molecular weight is 462 g/mol. The molecule has 2 aromatic carbocycles. The summed E-state index contributed by atoms with van der Waals surface area (Å²) in [6.45, 7) is 0.155. The molecule has 3 amide bonds. The Morgan fingerprint density at radius 1 is 1.14 bits per heavy atom. The Balaban J connectivity index is 1.34. The lowest BCUT2D eigenvalue weighted by Gasteiger charge is -2.13. The minimum atomic E-state index is -0.359. The van der Waals surface area contributed by atoms with Crippen LogP contribution in [0.15, 0.2) is 40.9 Å². The Morgan fingerprint density at radius 3 is 2.75 bits per heavy atom.